The molecular weight excluding hydrogens is 249 g/mol. The van der Waals surface area contributed by atoms with Crippen molar-refractivity contribution in [1.82, 2.24) is 5.48 Å². The minimum atomic E-state index is -4.39. The van der Waals surface area contributed by atoms with Crippen molar-refractivity contribution in [3.05, 3.63) is 35.4 Å². The first-order chi connectivity index (χ1) is 8.30. The van der Waals surface area contributed by atoms with Gasteiger partial charge in [-0.05, 0) is 24.6 Å². The molecule has 0 saturated carbocycles. The van der Waals surface area contributed by atoms with Crippen LogP contribution < -0.4 is 11.2 Å². The van der Waals surface area contributed by atoms with Gasteiger partial charge < -0.3 is 5.73 Å². The van der Waals surface area contributed by atoms with E-state index < -0.39 is 23.7 Å². The number of hydroxylamine groups is 1. The maximum Gasteiger partial charge on any atom is 0.416 e. The van der Waals surface area contributed by atoms with Gasteiger partial charge in [-0.2, -0.15) is 18.7 Å². The Kier molecular flexibility index (Phi) is 4.69. The van der Waals surface area contributed by atoms with Gasteiger partial charge in [0.1, 0.15) is 6.61 Å². The number of nitrogens with one attached hydrogen (secondary N) is 1. The molecule has 7 heteroatoms. The Morgan fingerprint density at radius 2 is 2.17 bits per heavy atom. The lowest BCUT2D eigenvalue weighted by molar-refractivity contribution is -0.137. The molecule has 1 aromatic carbocycles. The van der Waals surface area contributed by atoms with E-state index in [0.29, 0.717) is 5.56 Å². The van der Waals surface area contributed by atoms with E-state index in [0.717, 1.165) is 12.1 Å². The molecular formula is C11H13F3N2O2. The van der Waals surface area contributed by atoms with Crippen LogP contribution in [-0.4, -0.2) is 12.5 Å². The lowest BCUT2D eigenvalue weighted by atomic mass is 10.1. The average molecular weight is 262 g/mol. The lowest BCUT2D eigenvalue weighted by Gasteiger charge is -2.15. The number of benzene rings is 1. The van der Waals surface area contributed by atoms with Crippen LogP contribution in [0.4, 0.5) is 13.2 Å². The molecule has 0 bridgehead atoms. The van der Waals surface area contributed by atoms with Crippen LogP contribution in [0, 0.1) is 0 Å². The molecule has 1 rings (SSSR count). The normalized spacial score (nSPS) is 13.3. The van der Waals surface area contributed by atoms with Crippen LogP contribution in [0.25, 0.3) is 0 Å². The van der Waals surface area contributed by atoms with Gasteiger partial charge in [0.2, 0.25) is 5.91 Å². The second kappa shape index (κ2) is 5.83. The summed E-state index contributed by atoms with van der Waals surface area (Å²) in [4.78, 5) is 15.1. The molecule has 0 fully saturated rings. The number of carbonyl (C=O) groups is 1. The number of halogens is 3. The quantitative estimate of drug-likeness (QED) is 0.795. The van der Waals surface area contributed by atoms with E-state index in [2.05, 4.69) is 5.48 Å². The maximum absolute atomic E-state index is 12.5. The summed E-state index contributed by atoms with van der Waals surface area (Å²) < 4.78 is 37.4. The second-order valence-corrected chi connectivity index (χ2v) is 3.72. The largest absolute Gasteiger partial charge is 0.416 e. The van der Waals surface area contributed by atoms with Crippen molar-refractivity contribution in [2.75, 3.05) is 6.61 Å². The Bertz CT molecular complexity index is 421. The summed E-state index contributed by atoms with van der Waals surface area (Å²) in [5.74, 6) is -0.668. The summed E-state index contributed by atoms with van der Waals surface area (Å²) in [6.45, 7) is 1.26. The van der Waals surface area contributed by atoms with Crippen molar-refractivity contribution in [3.63, 3.8) is 0 Å². The fourth-order valence-electron chi connectivity index (χ4n) is 1.29. The third kappa shape index (κ3) is 4.34. The summed E-state index contributed by atoms with van der Waals surface area (Å²) in [7, 11) is 0. The van der Waals surface area contributed by atoms with E-state index in [4.69, 9.17) is 10.6 Å². The molecule has 3 N–H and O–H groups in total. The van der Waals surface area contributed by atoms with E-state index in [-0.39, 0.29) is 6.61 Å². The number of nitrogens with two attached hydrogens (primary N) is 1. The zero-order chi connectivity index (χ0) is 13.8. The van der Waals surface area contributed by atoms with Crippen LogP contribution >= 0.6 is 0 Å². The summed E-state index contributed by atoms with van der Waals surface area (Å²) in [6.07, 6.45) is -4.39. The molecule has 0 saturated heterocycles. The lowest BCUT2D eigenvalue weighted by Crippen LogP contribution is -2.26. The molecule has 0 aliphatic carbocycles. The molecule has 18 heavy (non-hydrogen) atoms. The van der Waals surface area contributed by atoms with Crippen molar-refractivity contribution in [1.29, 1.82) is 0 Å². The van der Waals surface area contributed by atoms with E-state index in [1.54, 1.807) is 6.92 Å². The Balaban J connectivity index is 2.68. The zero-order valence-electron chi connectivity index (χ0n) is 9.62. The molecule has 0 aromatic heterocycles. The van der Waals surface area contributed by atoms with Gasteiger partial charge >= 0.3 is 6.18 Å². The highest BCUT2D eigenvalue weighted by Gasteiger charge is 2.30. The number of primary amides is 1. The highest BCUT2D eigenvalue weighted by atomic mass is 19.4. The van der Waals surface area contributed by atoms with Crippen LogP contribution in [0.5, 0.6) is 0 Å². The average Bonchev–Trinajstić information content (AvgIpc) is 2.27. The molecule has 1 amide bonds. The van der Waals surface area contributed by atoms with E-state index in [1.807, 2.05) is 0 Å². The minimum Gasteiger partial charge on any atom is -0.368 e. The topological polar surface area (TPSA) is 64.3 Å². The molecule has 0 aliphatic rings. The fourth-order valence-corrected chi connectivity index (χ4v) is 1.29. The third-order valence-electron chi connectivity index (χ3n) is 2.19. The monoisotopic (exact) mass is 262 g/mol. The van der Waals surface area contributed by atoms with Gasteiger partial charge in [-0.15, -0.1) is 0 Å². The Morgan fingerprint density at radius 3 is 2.72 bits per heavy atom. The predicted molar refractivity (Wildman–Crippen MR) is 58.1 cm³/mol. The van der Waals surface area contributed by atoms with Gasteiger partial charge in [-0.25, -0.2) is 0 Å². The van der Waals surface area contributed by atoms with Gasteiger partial charge in [0, 0.05) is 0 Å². The standard InChI is InChI=1S/C11H13F3N2O2/c1-7(16-18-6-10(15)17)8-3-2-4-9(5-8)11(12,13)14/h2-5,7,16H,6H2,1H3,(H2,15,17). The van der Waals surface area contributed by atoms with Crippen LogP contribution in [-0.2, 0) is 15.8 Å². The van der Waals surface area contributed by atoms with E-state index in [9.17, 15) is 18.0 Å². The van der Waals surface area contributed by atoms with E-state index in [1.165, 1.54) is 12.1 Å². The number of hydrogen-bond donors (Lipinski definition) is 2. The maximum atomic E-state index is 12.5. The first kappa shape index (κ1) is 14.5. The Labute approximate surface area is 102 Å². The number of hydrogen-bond acceptors (Lipinski definition) is 3. The predicted octanol–water partition coefficient (Wildman–Crippen LogP) is 1.77. The summed E-state index contributed by atoms with van der Waals surface area (Å²) in [5.41, 5.74) is 6.95. The van der Waals surface area contributed by atoms with E-state index >= 15 is 0 Å². The van der Waals surface area contributed by atoms with Gasteiger partial charge in [0.15, 0.2) is 0 Å². The Morgan fingerprint density at radius 1 is 1.50 bits per heavy atom. The second-order valence-electron chi connectivity index (χ2n) is 3.72. The molecule has 0 radical (unpaired) electrons. The fraction of sp³-hybridized carbons (Fsp3) is 0.364. The highest BCUT2D eigenvalue weighted by Crippen LogP contribution is 2.30. The molecule has 1 aromatic rings. The van der Waals surface area contributed by atoms with Crippen LogP contribution in [0.3, 0.4) is 0 Å². The highest BCUT2D eigenvalue weighted by molar-refractivity contribution is 5.74. The summed E-state index contributed by atoms with van der Waals surface area (Å²) >= 11 is 0. The van der Waals surface area contributed by atoms with Crippen molar-refractivity contribution in [3.8, 4) is 0 Å². The number of carbonyl (C=O) groups excluding carboxylic acids is 1. The first-order valence-electron chi connectivity index (χ1n) is 5.13. The van der Waals surface area contributed by atoms with Gasteiger partial charge in [0.25, 0.3) is 0 Å². The molecule has 0 heterocycles. The SMILES string of the molecule is CC(NOCC(N)=O)c1cccc(C(F)(F)F)c1. The molecule has 100 valence electrons. The summed E-state index contributed by atoms with van der Waals surface area (Å²) in [5, 5.41) is 0. The smallest absolute Gasteiger partial charge is 0.368 e. The Hall–Kier alpha value is -1.60. The van der Waals surface area contributed by atoms with Crippen molar-refractivity contribution in [2.24, 2.45) is 5.73 Å². The van der Waals surface area contributed by atoms with Crippen molar-refractivity contribution in [2.45, 2.75) is 19.1 Å². The minimum absolute atomic E-state index is 0.344. The molecule has 0 spiro atoms. The number of amides is 1. The van der Waals surface area contributed by atoms with Crippen LogP contribution in [0.1, 0.15) is 24.1 Å². The van der Waals surface area contributed by atoms with Crippen molar-refractivity contribution < 1.29 is 22.8 Å². The summed E-state index contributed by atoms with van der Waals surface area (Å²) in [6, 6.07) is 4.35. The molecule has 1 unspecified atom stereocenters. The third-order valence-corrected chi connectivity index (χ3v) is 2.19. The molecule has 1 atom stereocenters. The van der Waals surface area contributed by atoms with Gasteiger partial charge in [-0.1, -0.05) is 12.1 Å². The number of rotatable bonds is 5. The molecule has 4 nitrogen and oxygen atoms in total. The van der Waals surface area contributed by atoms with Gasteiger partial charge in [0.05, 0.1) is 11.6 Å². The van der Waals surface area contributed by atoms with Crippen molar-refractivity contribution >= 4 is 5.91 Å². The zero-order valence-corrected chi connectivity index (χ0v) is 9.62. The van der Waals surface area contributed by atoms with Gasteiger partial charge in [-0.3, -0.25) is 9.63 Å². The molecule has 0 aliphatic heterocycles. The first-order valence-corrected chi connectivity index (χ1v) is 5.13. The number of alkyl halides is 3. The van der Waals surface area contributed by atoms with Crippen LogP contribution in [0.15, 0.2) is 24.3 Å². The van der Waals surface area contributed by atoms with Crippen LogP contribution in [0.2, 0.25) is 0 Å².